The van der Waals surface area contributed by atoms with Gasteiger partial charge in [-0.1, -0.05) is 0 Å². The molecule has 2 aromatic heterocycles. The van der Waals surface area contributed by atoms with Crippen LogP contribution in [0.15, 0.2) is 30.5 Å². The van der Waals surface area contributed by atoms with E-state index in [4.69, 9.17) is 0 Å². The van der Waals surface area contributed by atoms with Crippen LogP contribution in [0, 0.1) is 5.82 Å². The van der Waals surface area contributed by atoms with E-state index < -0.39 is 0 Å². The number of fused-ring (bicyclic) bond motifs is 3. The highest BCUT2D eigenvalue weighted by molar-refractivity contribution is 8.93. The molecule has 0 unspecified atom stereocenters. The van der Waals surface area contributed by atoms with E-state index in [0.29, 0.717) is 0 Å². The van der Waals surface area contributed by atoms with Gasteiger partial charge in [0.1, 0.15) is 5.82 Å². The molecule has 0 radical (unpaired) electrons. The molecule has 0 bridgehead atoms. The largest absolute Gasteiger partial charge is 0.294 e. The summed E-state index contributed by atoms with van der Waals surface area (Å²) in [6.07, 6.45) is 6.98. The van der Waals surface area contributed by atoms with E-state index in [1.807, 2.05) is 0 Å². The maximum absolute atomic E-state index is 12.9. The van der Waals surface area contributed by atoms with Gasteiger partial charge in [0.05, 0.1) is 5.69 Å². The molecule has 0 aliphatic heterocycles. The molecule has 0 atom stereocenters. The number of halogens is 2. The Kier molecular flexibility index (Phi) is 3.65. The summed E-state index contributed by atoms with van der Waals surface area (Å²) in [6, 6.07) is 6.54. The van der Waals surface area contributed by atoms with Crippen LogP contribution in [0.4, 0.5) is 4.39 Å². The lowest BCUT2D eigenvalue weighted by Crippen LogP contribution is -2.01. The van der Waals surface area contributed by atoms with E-state index in [1.54, 1.807) is 23.5 Å². The van der Waals surface area contributed by atoms with E-state index in [2.05, 4.69) is 15.6 Å². The predicted molar refractivity (Wildman–Crippen MR) is 85.4 cm³/mol. The first-order valence-electron chi connectivity index (χ1n) is 6.57. The van der Waals surface area contributed by atoms with Gasteiger partial charge in [0.25, 0.3) is 0 Å². The van der Waals surface area contributed by atoms with Crippen LogP contribution >= 0.6 is 28.3 Å². The van der Waals surface area contributed by atoms with Crippen molar-refractivity contribution < 1.29 is 4.39 Å². The molecule has 4 rings (SSSR count). The Balaban J connectivity index is 0.00000121. The normalized spacial score (nSPS) is 14.1. The van der Waals surface area contributed by atoms with Gasteiger partial charge in [0, 0.05) is 22.3 Å². The van der Waals surface area contributed by atoms with Crippen molar-refractivity contribution in [1.29, 1.82) is 0 Å². The molecule has 20 heavy (non-hydrogen) atoms. The number of imidazole rings is 1. The maximum atomic E-state index is 12.9. The van der Waals surface area contributed by atoms with Crippen LogP contribution in [0.3, 0.4) is 0 Å². The summed E-state index contributed by atoms with van der Waals surface area (Å²) < 4.78 is 15.2. The molecule has 1 aliphatic carbocycles. The first-order chi connectivity index (χ1) is 9.31. The number of hydrogen-bond donors (Lipinski definition) is 0. The molecule has 0 saturated heterocycles. The van der Waals surface area contributed by atoms with E-state index in [-0.39, 0.29) is 22.8 Å². The van der Waals surface area contributed by atoms with E-state index in [0.717, 1.165) is 22.6 Å². The quantitative estimate of drug-likeness (QED) is 0.622. The molecule has 104 valence electrons. The zero-order valence-electron chi connectivity index (χ0n) is 10.8. The van der Waals surface area contributed by atoms with Crippen molar-refractivity contribution in [2.45, 2.75) is 25.7 Å². The second-order valence-corrected chi connectivity index (χ2v) is 6.03. The van der Waals surface area contributed by atoms with Gasteiger partial charge in [-0.15, -0.1) is 28.3 Å². The SMILES string of the molecule is Br.Fc1ccc(-c2cn3c4c(sc3n2)CCCC4)cc1. The first-order valence-corrected chi connectivity index (χ1v) is 7.38. The molecular weight excluding hydrogens is 339 g/mol. The van der Waals surface area contributed by atoms with Gasteiger partial charge in [0.15, 0.2) is 4.96 Å². The Hall–Kier alpha value is -1.20. The van der Waals surface area contributed by atoms with E-state index >= 15 is 0 Å². The monoisotopic (exact) mass is 352 g/mol. The minimum atomic E-state index is -0.206. The summed E-state index contributed by atoms with van der Waals surface area (Å²) in [4.78, 5) is 7.22. The van der Waals surface area contributed by atoms with Crippen molar-refractivity contribution in [2.24, 2.45) is 0 Å². The summed E-state index contributed by atoms with van der Waals surface area (Å²) in [7, 11) is 0. The predicted octanol–water partition coefficient (Wildman–Crippen LogP) is 4.66. The Bertz CT molecular complexity index is 745. The van der Waals surface area contributed by atoms with Gasteiger partial charge in [-0.25, -0.2) is 9.37 Å². The van der Waals surface area contributed by atoms with Crippen LogP contribution in [0.5, 0.6) is 0 Å². The topological polar surface area (TPSA) is 17.3 Å². The lowest BCUT2D eigenvalue weighted by atomic mass is 10.0. The molecule has 1 aliphatic rings. The molecule has 1 aromatic carbocycles. The fourth-order valence-electron chi connectivity index (χ4n) is 2.73. The van der Waals surface area contributed by atoms with Crippen LogP contribution in [0.1, 0.15) is 23.4 Å². The van der Waals surface area contributed by atoms with Crippen LogP contribution in [0.2, 0.25) is 0 Å². The lowest BCUT2D eigenvalue weighted by molar-refractivity contribution is 0.628. The smallest absolute Gasteiger partial charge is 0.194 e. The molecule has 0 N–H and O–H groups in total. The maximum Gasteiger partial charge on any atom is 0.194 e. The Morgan fingerprint density at radius 3 is 2.65 bits per heavy atom. The number of rotatable bonds is 1. The standard InChI is InChI=1S/C15H13FN2S.BrH/c16-11-7-5-10(6-8-11)12-9-18-13-3-1-2-4-14(13)19-15(18)17-12;/h5-9H,1-4H2;1H. The lowest BCUT2D eigenvalue weighted by Gasteiger charge is -2.09. The summed E-state index contributed by atoms with van der Waals surface area (Å²) >= 11 is 1.80. The van der Waals surface area contributed by atoms with Crippen molar-refractivity contribution in [3.8, 4) is 11.3 Å². The van der Waals surface area contributed by atoms with Crippen LogP contribution < -0.4 is 0 Å². The van der Waals surface area contributed by atoms with Gasteiger partial charge in [-0.2, -0.15) is 0 Å². The van der Waals surface area contributed by atoms with Crippen molar-refractivity contribution in [3.05, 3.63) is 46.9 Å². The second kappa shape index (κ2) is 5.30. The molecule has 2 nitrogen and oxygen atoms in total. The fourth-order valence-corrected chi connectivity index (χ4v) is 3.92. The molecule has 0 saturated carbocycles. The number of benzene rings is 1. The third kappa shape index (κ3) is 2.19. The van der Waals surface area contributed by atoms with Crippen LogP contribution in [0.25, 0.3) is 16.2 Å². The van der Waals surface area contributed by atoms with Gasteiger partial charge < -0.3 is 0 Å². The van der Waals surface area contributed by atoms with Crippen molar-refractivity contribution in [1.82, 2.24) is 9.38 Å². The Labute approximate surface area is 131 Å². The van der Waals surface area contributed by atoms with Crippen molar-refractivity contribution in [2.75, 3.05) is 0 Å². The molecule has 2 heterocycles. The number of thiazole rings is 1. The summed E-state index contributed by atoms with van der Waals surface area (Å²) in [5.74, 6) is -0.206. The number of aryl methyl sites for hydroxylation is 2. The first kappa shape index (κ1) is 13.8. The molecule has 0 amide bonds. The van der Waals surface area contributed by atoms with Gasteiger partial charge in [-0.05, 0) is 49.9 Å². The van der Waals surface area contributed by atoms with Gasteiger partial charge >= 0.3 is 0 Å². The van der Waals surface area contributed by atoms with Crippen molar-refractivity contribution >= 4 is 33.3 Å². The van der Waals surface area contributed by atoms with E-state index in [9.17, 15) is 4.39 Å². The average molecular weight is 353 g/mol. The zero-order valence-corrected chi connectivity index (χ0v) is 13.3. The highest BCUT2D eigenvalue weighted by Crippen LogP contribution is 2.32. The highest BCUT2D eigenvalue weighted by atomic mass is 79.9. The number of nitrogens with zero attached hydrogens (tertiary/aromatic N) is 2. The minimum Gasteiger partial charge on any atom is -0.294 e. The fraction of sp³-hybridized carbons (Fsp3) is 0.267. The van der Waals surface area contributed by atoms with Gasteiger partial charge in [0.2, 0.25) is 0 Å². The molecule has 0 spiro atoms. The third-order valence-electron chi connectivity index (χ3n) is 3.71. The number of hydrogen-bond acceptors (Lipinski definition) is 2. The summed E-state index contributed by atoms with van der Waals surface area (Å²) in [5.41, 5.74) is 3.33. The molecule has 3 aromatic rings. The Morgan fingerprint density at radius 1 is 1.10 bits per heavy atom. The van der Waals surface area contributed by atoms with Crippen molar-refractivity contribution in [3.63, 3.8) is 0 Å². The molecule has 5 heteroatoms. The Morgan fingerprint density at radius 2 is 1.85 bits per heavy atom. The van der Waals surface area contributed by atoms with Gasteiger partial charge in [-0.3, -0.25) is 4.40 Å². The second-order valence-electron chi connectivity index (χ2n) is 4.96. The van der Waals surface area contributed by atoms with Crippen LogP contribution in [-0.4, -0.2) is 9.38 Å². The molecule has 0 fully saturated rings. The minimum absolute atomic E-state index is 0. The highest BCUT2D eigenvalue weighted by Gasteiger charge is 2.18. The number of aromatic nitrogens is 2. The zero-order chi connectivity index (χ0) is 12.8. The average Bonchev–Trinajstić information content (AvgIpc) is 2.97. The molecular formula is C15H14BrFN2S. The van der Waals surface area contributed by atoms with Crippen LogP contribution in [-0.2, 0) is 12.8 Å². The summed E-state index contributed by atoms with van der Waals surface area (Å²) in [6.45, 7) is 0. The summed E-state index contributed by atoms with van der Waals surface area (Å²) in [5, 5.41) is 0. The van der Waals surface area contributed by atoms with E-state index in [1.165, 1.54) is 42.0 Å². The third-order valence-corrected chi connectivity index (χ3v) is 4.86.